The molecule has 0 amide bonds. The average Bonchev–Trinajstić information content (AvgIpc) is 2.36. The number of aryl methyl sites for hydroxylation is 1. The van der Waals surface area contributed by atoms with Crippen molar-refractivity contribution in [1.29, 1.82) is 0 Å². The highest BCUT2D eigenvalue weighted by molar-refractivity contribution is 5.23. The molecule has 1 N–H and O–H groups in total. The Morgan fingerprint density at radius 1 is 1.11 bits per heavy atom. The summed E-state index contributed by atoms with van der Waals surface area (Å²) in [7, 11) is 0. The first-order valence-electron chi connectivity index (χ1n) is 7.40. The van der Waals surface area contributed by atoms with Crippen LogP contribution in [0.2, 0.25) is 0 Å². The summed E-state index contributed by atoms with van der Waals surface area (Å²) in [5.74, 6) is 1.66. The van der Waals surface area contributed by atoms with Crippen molar-refractivity contribution in [3.8, 4) is 0 Å². The summed E-state index contributed by atoms with van der Waals surface area (Å²) in [4.78, 5) is 0. The van der Waals surface area contributed by atoms with Crippen molar-refractivity contribution in [3.05, 3.63) is 35.4 Å². The van der Waals surface area contributed by atoms with Gasteiger partial charge < -0.3 is 5.32 Å². The lowest BCUT2D eigenvalue weighted by molar-refractivity contribution is 0.196. The Morgan fingerprint density at radius 3 is 2.44 bits per heavy atom. The van der Waals surface area contributed by atoms with E-state index >= 15 is 0 Å². The first kappa shape index (κ1) is 13.6. The Bertz CT molecular complexity index is 368. The molecule has 0 spiro atoms. The minimum atomic E-state index is 0.461. The van der Waals surface area contributed by atoms with Crippen LogP contribution in [-0.4, -0.2) is 6.04 Å². The standard InChI is InChI=1S/C17H27N/c1-12-8-10-16(11-9-12)15(4)18-17-7-5-6-13(2)14(17)3/h8-11,13-15,17-18H,5-7H2,1-4H3/t13?,14?,15-,17?/m0/s1. The molecule has 1 nitrogen and oxygen atoms in total. The molecule has 1 fully saturated rings. The Hall–Kier alpha value is -0.820. The largest absolute Gasteiger partial charge is 0.307 e. The van der Waals surface area contributed by atoms with E-state index in [4.69, 9.17) is 0 Å². The van der Waals surface area contributed by atoms with Gasteiger partial charge in [-0.25, -0.2) is 0 Å². The lowest BCUT2D eigenvalue weighted by Gasteiger charge is -2.36. The molecule has 1 aromatic carbocycles. The second kappa shape index (κ2) is 5.88. The van der Waals surface area contributed by atoms with Gasteiger partial charge in [0.25, 0.3) is 0 Å². The zero-order chi connectivity index (χ0) is 13.1. The maximum Gasteiger partial charge on any atom is 0.0294 e. The van der Waals surface area contributed by atoms with Gasteiger partial charge in [-0.15, -0.1) is 0 Å². The lowest BCUT2D eigenvalue weighted by Crippen LogP contribution is -2.41. The molecule has 2 rings (SSSR count). The number of benzene rings is 1. The van der Waals surface area contributed by atoms with Gasteiger partial charge in [-0.3, -0.25) is 0 Å². The molecule has 3 unspecified atom stereocenters. The van der Waals surface area contributed by atoms with Crippen LogP contribution in [-0.2, 0) is 0 Å². The van der Waals surface area contributed by atoms with Crippen LogP contribution in [0.1, 0.15) is 57.2 Å². The predicted octanol–water partition coefficient (Wildman–Crippen LogP) is 4.47. The molecule has 1 aromatic rings. The van der Waals surface area contributed by atoms with Crippen molar-refractivity contribution in [3.63, 3.8) is 0 Å². The van der Waals surface area contributed by atoms with Gasteiger partial charge in [-0.2, -0.15) is 0 Å². The van der Waals surface area contributed by atoms with Crippen LogP contribution < -0.4 is 5.32 Å². The van der Waals surface area contributed by atoms with Gasteiger partial charge in [0.05, 0.1) is 0 Å². The summed E-state index contributed by atoms with van der Waals surface area (Å²) in [6.07, 6.45) is 4.11. The molecule has 1 heteroatoms. The highest BCUT2D eigenvalue weighted by Gasteiger charge is 2.27. The number of nitrogens with one attached hydrogen (secondary N) is 1. The molecule has 4 atom stereocenters. The maximum atomic E-state index is 3.83. The molecule has 1 aliphatic rings. The second-order valence-corrected chi connectivity index (χ2v) is 6.17. The van der Waals surface area contributed by atoms with Crippen molar-refractivity contribution in [2.75, 3.05) is 0 Å². The van der Waals surface area contributed by atoms with Crippen molar-refractivity contribution < 1.29 is 0 Å². The molecule has 0 aromatic heterocycles. The summed E-state index contributed by atoms with van der Waals surface area (Å²) >= 11 is 0. The molecular formula is C17H27N. The Morgan fingerprint density at radius 2 is 1.78 bits per heavy atom. The topological polar surface area (TPSA) is 12.0 Å². The molecule has 1 aliphatic carbocycles. The van der Waals surface area contributed by atoms with Crippen LogP contribution in [0.3, 0.4) is 0 Å². The van der Waals surface area contributed by atoms with Crippen molar-refractivity contribution in [2.24, 2.45) is 11.8 Å². The van der Waals surface area contributed by atoms with Crippen molar-refractivity contribution in [2.45, 2.75) is 59.0 Å². The molecule has 0 saturated heterocycles. The predicted molar refractivity (Wildman–Crippen MR) is 78.7 cm³/mol. The van der Waals surface area contributed by atoms with E-state index in [2.05, 4.69) is 57.3 Å². The SMILES string of the molecule is Cc1ccc([C@H](C)NC2CCCC(C)C2C)cc1. The van der Waals surface area contributed by atoms with Crippen LogP contribution in [0.5, 0.6) is 0 Å². The lowest BCUT2D eigenvalue weighted by atomic mass is 9.77. The number of rotatable bonds is 3. The molecule has 0 radical (unpaired) electrons. The van der Waals surface area contributed by atoms with Crippen LogP contribution in [0.25, 0.3) is 0 Å². The molecular weight excluding hydrogens is 218 g/mol. The van der Waals surface area contributed by atoms with E-state index in [0.717, 1.165) is 11.8 Å². The van der Waals surface area contributed by atoms with Crippen LogP contribution in [0.15, 0.2) is 24.3 Å². The summed E-state index contributed by atoms with van der Waals surface area (Å²) < 4.78 is 0. The average molecular weight is 245 g/mol. The van der Waals surface area contributed by atoms with Gasteiger partial charge in [0, 0.05) is 12.1 Å². The fourth-order valence-electron chi connectivity index (χ4n) is 3.09. The van der Waals surface area contributed by atoms with E-state index in [-0.39, 0.29) is 0 Å². The zero-order valence-corrected chi connectivity index (χ0v) is 12.2. The first-order valence-corrected chi connectivity index (χ1v) is 7.40. The van der Waals surface area contributed by atoms with Gasteiger partial charge in [-0.1, -0.05) is 56.5 Å². The highest BCUT2D eigenvalue weighted by atomic mass is 15.0. The van der Waals surface area contributed by atoms with E-state index in [1.807, 2.05) is 0 Å². The third-order valence-corrected chi connectivity index (χ3v) is 4.75. The van der Waals surface area contributed by atoms with Gasteiger partial charge in [0.15, 0.2) is 0 Å². The third kappa shape index (κ3) is 3.14. The minimum Gasteiger partial charge on any atom is -0.307 e. The van der Waals surface area contributed by atoms with Gasteiger partial charge in [-0.05, 0) is 37.7 Å². The van der Waals surface area contributed by atoms with Gasteiger partial charge in [0.2, 0.25) is 0 Å². The first-order chi connectivity index (χ1) is 8.58. The molecule has 100 valence electrons. The molecule has 1 saturated carbocycles. The normalized spacial score (nSPS) is 30.1. The quantitative estimate of drug-likeness (QED) is 0.828. The summed E-state index contributed by atoms with van der Waals surface area (Å²) in [6, 6.07) is 10.1. The Labute approximate surface area is 112 Å². The minimum absolute atomic E-state index is 0.461. The molecule has 0 aliphatic heterocycles. The van der Waals surface area contributed by atoms with E-state index < -0.39 is 0 Å². The monoisotopic (exact) mass is 245 g/mol. The maximum absolute atomic E-state index is 3.83. The number of hydrogen-bond donors (Lipinski definition) is 1. The molecule has 0 heterocycles. The van der Waals surface area contributed by atoms with E-state index in [1.165, 1.54) is 30.4 Å². The molecule has 18 heavy (non-hydrogen) atoms. The fraction of sp³-hybridized carbons (Fsp3) is 0.647. The summed E-state index contributed by atoms with van der Waals surface area (Å²) in [5, 5.41) is 3.83. The van der Waals surface area contributed by atoms with Crippen molar-refractivity contribution in [1.82, 2.24) is 5.32 Å². The summed E-state index contributed by atoms with van der Waals surface area (Å²) in [6.45, 7) is 9.24. The zero-order valence-electron chi connectivity index (χ0n) is 12.2. The summed E-state index contributed by atoms with van der Waals surface area (Å²) in [5.41, 5.74) is 2.75. The second-order valence-electron chi connectivity index (χ2n) is 6.17. The fourth-order valence-corrected chi connectivity index (χ4v) is 3.09. The Balaban J connectivity index is 1.98. The highest BCUT2D eigenvalue weighted by Crippen LogP contribution is 2.31. The molecule has 0 bridgehead atoms. The van der Waals surface area contributed by atoms with Crippen LogP contribution >= 0.6 is 0 Å². The van der Waals surface area contributed by atoms with Crippen LogP contribution in [0.4, 0.5) is 0 Å². The van der Waals surface area contributed by atoms with E-state index in [9.17, 15) is 0 Å². The van der Waals surface area contributed by atoms with Gasteiger partial charge in [0.1, 0.15) is 0 Å². The van der Waals surface area contributed by atoms with E-state index in [0.29, 0.717) is 12.1 Å². The van der Waals surface area contributed by atoms with Crippen molar-refractivity contribution >= 4 is 0 Å². The third-order valence-electron chi connectivity index (χ3n) is 4.75. The Kier molecular flexibility index (Phi) is 4.45. The smallest absolute Gasteiger partial charge is 0.0294 e. The van der Waals surface area contributed by atoms with Gasteiger partial charge >= 0.3 is 0 Å². The van der Waals surface area contributed by atoms with Crippen LogP contribution in [0, 0.1) is 18.8 Å². The number of hydrogen-bond acceptors (Lipinski definition) is 1. The van der Waals surface area contributed by atoms with E-state index in [1.54, 1.807) is 0 Å².